The van der Waals surface area contributed by atoms with Crippen LogP contribution in [0.5, 0.6) is 0 Å². The van der Waals surface area contributed by atoms with Gasteiger partial charge in [-0.1, -0.05) is 67.6 Å². The lowest BCUT2D eigenvalue weighted by Gasteiger charge is -2.44. The van der Waals surface area contributed by atoms with Gasteiger partial charge in [0.1, 0.15) is 0 Å². The van der Waals surface area contributed by atoms with Crippen molar-refractivity contribution in [2.45, 2.75) is 25.4 Å². The highest BCUT2D eigenvalue weighted by Gasteiger charge is 2.38. The van der Waals surface area contributed by atoms with Gasteiger partial charge in [-0.25, -0.2) is 0 Å². The number of hydrazone groups is 1. The summed E-state index contributed by atoms with van der Waals surface area (Å²) in [6.07, 6.45) is 0.848. The molecule has 0 aromatic heterocycles. The third kappa shape index (κ3) is 3.89. The molecule has 0 radical (unpaired) electrons. The summed E-state index contributed by atoms with van der Waals surface area (Å²) < 4.78 is 0. The first-order chi connectivity index (χ1) is 12.1. The Hall–Kier alpha value is -2.24. The van der Waals surface area contributed by atoms with Gasteiger partial charge in [0.05, 0.1) is 0 Å². The standard InChI is InChI=1S/C20H24N4S/c1-14-17(22-23-20(21)25)13-18(15-9-5-3-6-10-15)24(2)19(14)16-11-7-4-8-12-16/h3-12,14,18-19H,13H2,1-2H3,(H3,21,23,25)/b22-17+. The number of piperidine rings is 1. The van der Waals surface area contributed by atoms with Gasteiger partial charge >= 0.3 is 0 Å². The molecule has 130 valence electrons. The molecular weight excluding hydrogens is 328 g/mol. The van der Waals surface area contributed by atoms with Crippen molar-refractivity contribution in [2.75, 3.05) is 7.05 Å². The lowest BCUT2D eigenvalue weighted by Crippen LogP contribution is -2.43. The van der Waals surface area contributed by atoms with Crippen LogP contribution in [0.1, 0.15) is 36.6 Å². The van der Waals surface area contributed by atoms with Crippen LogP contribution >= 0.6 is 12.2 Å². The molecule has 2 aromatic rings. The first-order valence-electron chi connectivity index (χ1n) is 8.51. The number of hydrogen-bond acceptors (Lipinski definition) is 3. The van der Waals surface area contributed by atoms with Crippen LogP contribution in [0.2, 0.25) is 0 Å². The fourth-order valence-electron chi connectivity index (χ4n) is 3.73. The second-order valence-electron chi connectivity index (χ2n) is 6.52. The Bertz CT molecular complexity index is 745. The first-order valence-corrected chi connectivity index (χ1v) is 8.92. The number of likely N-dealkylation sites (tertiary alicyclic amines) is 1. The highest BCUT2D eigenvalue weighted by atomic mass is 32.1. The summed E-state index contributed by atoms with van der Waals surface area (Å²) in [6, 6.07) is 21.7. The van der Waals surface area contributed by atoms with Crippen molar-refractivity contribution in [3.8, 4) is 0 Å². The average molecular weight is 353 g/mol. The minimum Gasteiger partial charge on any atom is -0.375 e. The Balaban J connectivity index is 2.00. The van der Waals surface area contributed by atoms with E-state index in [-0.39, 0.29) is 23.1 Å². The van der Waals surface area contributed by atoms with Gasteiger partial charge in [0.2, 0.25) is 0 Å². The molecule has 25 heavy (non-hydrogen) atoms. The normalized spacial score (nSPS) is 25.7. The van der Waals surface area contributed by atoms with E-state index in [2.05, 4.69) is 84.0 Å². The highest BCUT2D eigenvalue weighted by molar-refractivity contribution is 7.80. The zero-order chi connectivity index (χ0) is 17.8. The maximum Gasteiger partial charge on any atom is 0.184 e. The Morgan fingerprint density at radius 3 is 2.20 bits per heavy atom. The van der Waals surface area contributed by atoms with E-state index < -0.39 is 0 Å². The average Bonchev–Trinajstić information content (AvgIpc) is 2.63. The summed E-state index contributed by atoms with van der Waals surface area (Å²) >= 11 is 4.92. The monoisotopic (exact) mass is 352 g/mol. The van der Waals surface area contributed by atoms with Crippen LogP contribution in [0, 0.1) is 5.92 Å². The van der Waals surface area contributed by atoms with Crippen LogP contribution in [0.25, 0.3) is 0 Å². The van der Waals surface area contributed by atoms with E-state index in [9.17, 15) is 0 Å². The molecule has 0 spiro atoms. The van der Waals surface area contributed by atoms with Crippen LogP contribution < -0.4 is 11.2 Å². The van der Waals surface area contributed by atoms with Crippen molar-refractivity contribution in [1.82, 2.24) is 10.3 Å². The van der Waals surface area contributed by atoms with Crippen molar-refractivity contribution in [3.63, 3.8) is 0 Å². The molecule has 3 unspecified atom stereocenters. The lowest BCUT2D eigenvalue weighted by atomic mass is 9.80. The Morgan fingerprint density at radius 2 is 1.64 bits per heavy atom. The van der Waals surface area contributed by atoms with Gasteiger partial charge < -0.3 is 5.73 Å². The molecule has 4 nitrogen and oxygen atoms in total. The van der Waals surface area contributed by atoms with Gasteiger partial charge in [0, 0.05) is 30.1 Å². The van der Waals surface area contributed by atoms with Gasteiger partial charge in [-0.2, -0.15) is 5.10 Å². The minimum absolute atomic E-state index is 0.200. The predicted molar refractivity (Wildman–Crippen MR) is 107 cm³/mol. The zero-order valence-electron chi connectivity index (χ0n) is 14.6. The van der Waals surface area contributed by atoms with Crippen molar-refractivity contribution >= 4 is 23.0 Å². The zero-order valence-corrected chi connectivity index (χ0v) is 15.4. The molecule has 1 aliphatic rings. The fraction of sp³-hybridized carbons (Fsp3) is 0.300. The number of rotatable bonds is 3. The van der Waals surface area contributed by atoms with E-state index in [0.717, 1.165) is 12.1 Å². The van der Waals surface area contributed by atoms with Crippen molar-refractivity contribution in [1.29, 1.82) is 0 Å². The third-order valence-corrected chi connectivity index (χ3v) is 5.06. The molecule has 3 rings (SSSR count). The summed E-state index contributed by atoms with van der Waals surface area (Å²) in [7, 11) is 2.20. The fourth-order valence-corrected chi connectivity index (χ4v) is 3.78. The molecule has 1 fully saturated rings. The second kappa shape index (κ2) is 7.76. The predicted octanol–water partition coefficient (Wildman–Crippen LogP) is 3.63. The van der Waals surface area contributed by atoms with Crippen LogP contribution in [0.3, 0.4) is 0 Å². The molecule has 0 aliphatic carbocycles. The molecule has 1 heterocycles. The van der Waals surface area contributed by atoms with Crippen LogP contribution in [0.15, 0.2) is 65.8 Å². The molecule has 0 saturated carbocycles. The lowest BCUT2D eigenvalue weighted by molar-refractivity contribution is 0.131. The van der Waals surface area contributed by atoms with Crippen LogP contribution in [0.4, 0.5) is 0 Å². The highest BCUT2D eigenvalue weighted by Crippen LogP contribution is 2.42. The molecule has 0 amide bonds. The number of nitrogens with one attached hydrogen (secondary N) is 1. The van der Waals surface area contributed by atoms with E-state index in [4.69, 9.17) is 18.0 Å². The van der Waals surface area contributed by atoms with Crippen LogP contribution in [-0.2, 0) is 0 Å². The van der Waals surface area contributed by atoms with E-state index in [0.29, 0.717) is 0 Å². The number of hydrogen-bond donors (Lipinski definition) is 2. The minimum atomic E-state index is 0.200. The summed E-state index contributed by atoms with van der Waals surface area (Å²) in [5.74, 6) is 0.259. The summed E-state index contributed by atoms with van der Waals surface area (Å²) in [5.41, 5.74) is 12.0. The maximum atomic E-state index is 5.58. The molecule has 3 atom stereocenters. The molecular formula is C20H24N4S. The molecule has 2 aromatic carbocycles. The van der Waals surface area contributed by atoms with E-state index in [1.807, 2.05) is 6.07 Å². The SMILES string of the molecule is CC1/C(=N/NC(N)=S)CC(c2ccccc2)N(C)C1c1ccccc1. The van der Waals surface area contributed by atoms with Gasteiger partial charge in [0.15, 0.2) is 5.11 Å². The van der Waals surface area contributed by atoms with Gasteiger partial charge in [-0.15, -0.1) is 0 Å². The number of thiocarbonyl (C=S) groups is 1. The van der Waals surface area contributed by atoms with Gasteiger partial charge in [-0.3, -0.25) is 10.3 Å². The number of benzene rings is 2. The van der Waals surface area contributed by atoms with Crippen LogP contribution in [-0.4, -0.2) is 22.8 Å². The topological polar surface area (TPSA) is 53.6 Å². The number of nitrogens with zero attached hydrogens (tertiary/aromatic N) is 2. The van der Waals surface area contributed by atoms with Gasteiger partial charge in [0.25, 0.3) is 0 Å². The summed E-state index contributed by atoms with van der Waals surface area (Å²) in [5, 5.41) is 4.72. The van der Waals surface area contributed by atoms with E-state index >= 15 is 0 Å². The van der Waals surface area contributed by atoms with Crippen molar-refractivity contribution < 1.29 is 0 Å². The van der Waals surface area contributed by atoms with E-state index in [1.165, 1.54) is 11.1 Å². The largest absolute Gasteiger partial charge is 0.375 e. The quantitative estimate of drug-likeness (QED) is 0.654. The molecule has 3 N–H and O–H groups in total. The summed E-state index contributed by atoms with van der Waals surface area (Å²) in [4.78, 5) is 2.45. The van der Waals surface area contributed by atoms with Gasteiger partial charge in [-0.05, 0) is 30.4 Å². The Labute approximate surface area is 154 Å². The summed E-state index contributed by atoms with van der Waals surface area (Å²) in [6.45, 7) is 2.22. The smallest absolute Gasteiger partial charge is 0.184 e. The first kappa shape index (κ1) is 17.6. The molecule has 5 heteroatoms. The third-order valence-electron chi connectivity index (χ3n) is 4.97. The van der Waals surface area contributed by atoms with Crippen molar-refractivity contribution in [2.24, 2.45) is 16.8 Å². The Morgan fingerprint density at radius 1 is 1.08 bits per heavy atom. The maximum absolute atomic E-state index is 5.58. The molecule has 1 aliphatic heterocycles. The second-order valence-corrected chi connectivity index (χ2v) is 6.96. The van der Waals surface area contributed by atoms with Crippen molar-refractivity contribution in [3.05, 3.63) is 71.8 Å². The Kier molecular flexibility index (Phi) is 5.46. The number of nitrogens with two attached hydrogens (primary N) is 1. The molecule has 0 bridgehead atoms. The van der Waals surface area contributed by atoms with E-state index in [1.54, 1.807) is 0 Å². The molecule has 1 saturated heterocycles.